The van der Waals surface area contributed by atoms with E-state index in [0.29, 0.717) is 30.9 Å². The van der Waals surface area contributed by atoms with Gasteiger partial charge in [-0.1, -0.05) is 29.8 Å². The molecule has 0 aliphatic carbocycles. The van der Waals surface area contributed by atoms with Crippen molar-refractivity contribution >= 4 is 33.9 Å². The van der Waals surface area contributed by atoms with Crippen molar-refractivity contribution in [2.24, 2.45) is 5.73 Å². The molecule has 0 saturated carbocycles. The summed E-state index contributed by atoms with van der Waals surface area (Å²) >= 11 is 5.92. The Bertz CT molecular complexity index is 777. The number of fused-ring (bicyclic) bond motifs is 1. The first-order valence-corrected chi connectivity index (χ1v) is 9.78. The number of halogens is 2. The van der Waals surface area contributed by atoms with Gasteiger partial charge in [-0.3, -0.25) is 9.11 Å². The molecular formula is C17H21ClFN3O2S. The molecule has 0 bridgehead atoms. The minimum Gasteiger partial charge on any atom is -0.330 e. The molecule has 2 aromatic rings. The molecule has 0 aromatic heterocycles. The Labute approximate surface area is 153 Å². The van der Waals surface area contributed by atoms with Crippen LogP contribution >= 0.6 is 22.6 Å². The summed E-state index contributed by atoms with van der Waals surface area (Å²) in [7, 11) is -3.35. The summed E-state index contributed by atoms with van der Waals surface area (Å²) in [6, 6.07) is 11.4. The van der Waals surface area contributed by atoms with Crippen LogP contribution in [0, 0.1) is 5.82 Å². The molecule has 136 valence electrons. The molecule has 0 fully saturated rings. The molecule has 0 spiro atoms. The lowest BCUT2D eigenvalue weighted by Crippen LogP contribution is -2.46. The fourth-order valence-electron chi connectivity index (χ4n) is 3.01. The molecule has 1 atom stereocenters. The first-order chi connectivity index (χ1) is 11.9. The Morgan fingerprint density at radius 1 is 1.28 bits per heavy atom. The lowest BCUT2D eigenvalue weighted by atomic mass is 10.1. The quantitative estimate of drug-likeness (QED) is 0.708. The fraction of sp³-hybridized carbons (Fsp3) is 0.294. The molecule has 3 rings (SSSR count). The highest BCUT2D eigenvalue weighted by Crippen LogP contribution is 2.59. The highest BCUT2D eigenvalue weighted by Gasteiger charge is 2.40. The van der Waals surface area contributed by atoms with E-state index in [2.05, 4.69) is 0 Å². The molecular weight excluding hydrogens is 365 g/mol. The molecule has 25 heavy (non-hydrogen) atoms. The van der Waals surface area contributed by atoms with E-state index < -0.39 is 16.8 Å². The average molecular weight is 386 g/mol. The first kappa shape index (κ1) is 18.4. The maximum absolute atomic E-state index is 13.6. The van der Waals surface area contributed by atoms with Crippen molar-refractivity contribution in [2.75, 3.05) is 10.8 Å². The van der Waals surface area contributed by atoms with Gasteiger partial charge < -0.3 is 5.73 Å². The summed E-state index contributed by atoms with van der Waals surface area (Å²) in [5.41, 5.74) is 7.68. The van der Waals surface area contributed by atoms with Gasteiger partial charge in [-0.05, 0) is 60.7 Å². The summed E-state index contributed by atoms with van der Waals surface area (Å²) in [5, 5.41) is -0.0719. The van der Waals surface area contributed by atoms with Gasteiger partial charge in [0.15, 0.2) is 0 Å². The van der Waals surface area contributed by atoms with Gasteiger partial charge in [-0.15, -0.1) is 0 Å². The summed E-state index contributed by atoms with van der Waals surface area (Å²) < 4.78 is 38.8. The highest BCUT2D eigenvalue weighted by atomic mass is 35.5. The van der Waals surface area contributed by atoms with Crippen molar-refractivity contribution in [1.82, 2.24) is 4.31 Å². The second-order valence-corrected chi connectivity index (χ2v) is 8.23. The second kappa shape index (κ2) is 7.11. The molecule has 8 heteroatoms. The molecule has 1 aliphatic rings. The average Bonchev–Trinajstić information content (AvgIpc) is 2.56. The van der Waals surface area contributed by atoms with Crippen molar-refractivity contribution in [3.05, 3.63) is 58.9 Å². The smallest absolute Gasteiger partial charge is 0.141 e. The van der Waals surface area contributed by atoms with Crippen LogP contribution in [-0.2, 0) is 6.54 Å². The van der Waals surface area contributed by atoms with Gasteiger partial charge in [0, 0.05) is 12.6 Å². The second-order valence-electron chi connectivity index (χ2n) is 6.01. The van der Waals surface area contributed by atoms with Crippen molar-refractivity contribution in [1.29, 1.82) is 0 Å². The predicted octanol–water partition coefficient (Wildman–Crippen LogP) is 4.75. The third-order valence-corrected chi connectivity index (χ3v) is 6.62. The lowest BCUT2D eigenvalue weighted by molar-refractivity contribution is 0.274. The van der Waals surface area contributed by atoms with Crippen LogP contribution in [0.5, 0.6) is 0 Å². The molecule has 1 heterocycles. The molecule has 2 aromatic carbocycles. The van der Waals surface area contributed by atoms with Crippen LogP contribution in [0.2, 0.25) is 5.02 Å². The van der Waals surface area contributed by atoms with E-state index in [9.17, 15) is 13.5 Å². The Balaban J connectivity index is 2.14. The molecule has 0 saturated heterocycles. The number of benzene rings is 2. The highest BCUT2D eigenvalue weighted by molar-refractivity contribution is 8.23. The third-order valence-electron chi connectivity index (χ3n) is 4.31. The topological polar surface area (TPSA) is 73.0 Å². The van der Waals surface area contributed by atoms with E-state index >= 15 is 0 Å². The third kappa shape index (κ3) is 3.36. The number of nitrogens with zero attached hydrogens (tertiary/aromatic N) is 2. The molecule has 0 radical (unpaired) electrons. The van der Waals surface area contributed by atoms with Crippen molar-refractivity contribution in [2.45, 2.75) is 25.9 Å². The van der Waals surface area contributed by atoms with Crippen LogP contribution < -0.4 is 10.0 Å². The number of para-hydroxylation sites is 1. The van der Waals surface area contributed by atoms with Crippen LogP contribution in [-0.4, -0.2) is 26.0 Å². The van der Waals surface area contributed by atoms with Gasteiger partial charge in [0.25, 0.3) is 0 Å². The van der Waals surface area contributed by atoms with Crippen molar-refractivity contribution < 1.29 is 13.5 Å². The van der Waals surface area contributed by atoms with Gasteiger partial charge in [0.1, 0.15) is 5.82 Å². The van der Waals surface area contributed by atoms with E-state index in [1.54, 1.807) is 4.31 Å². The lowest BCUT2D eigenvalue weighted by Gasteiger charge is -2.55. The molecule has 1 aliphatic heterocycles. The van der Waals surface area contributed by atoms with Gasteiger partial charge in [-0.2, -0.15) is 4.31 Å². The van der Waals surface area contributed by atoms with Crippen molar-refractivity contribution in [3.63, 3.8) is 0 Å². The number of hydrogen-bond donors (Lipinski definition) is 3. The number of nitrogens with two attached hydrogens (primary N) is 1. The van der Waals surface area contributed by atoms with Gasteiger partial charge in [-0.25, -0.2) is 8.70 Å². The molecule has 1 unspecified atom stereocenters. The largest absolute Gasteiger partial charge is 0.330 e. The van der Waals surface area contributed by atoms with E-state index in [0.717, 1.165) is 5.56 Å². The van der Waals surface area contributed by atoms with Gasteiger partial charge in [0.05, 0.1) is 16.4 Å². The summed E-state index contributed by atoms with van der Waals surface area (Å²) in [4.78, 5) is 0. The zero-order valence-electron chi connectivity index (χ0n) is 13.8. The van der Waals surface area contributed by atoms with Crippen LogP contribution in [0.1, 0.15) is 18.9 Å². The minimum absolute atomic E-state index is 0.0719. The van der Waals surface area contributed by atoms with Gasteiger partial charge in [0.2, 0.25) is 0 Å². The van der Waals surface area contributed by atoms with Gasteiger partial charge >= 0.3 is 0 Å². The van der Waals surface area contributed by atoms with Crippen LogP contribution in [0.3, 0.4) is 0 Å². The van der Waals surface area contributed by atoms with E-state index in [1.807, 2.05) is 31.2 Å². The zero-order chi connectivity index (χ0) is 18.2. The monoisotopic (exact) mass is 385 g/mol. The minimum atomic E-state index is -3.35. The fourth-order valence-corrected chi connectivity index (χ4v) is 5.13. The van der Waals surface area contributed by atoms with E-state index in [-0.39, 0.29) is 11.1 Å². The normalized spacial score (nSPS) is 19.4. The Morgan fingerprint density at radius 2 is 2.00 bits per heavy atom. The predicted molar refractivity (Wildman–Crippen MR) is 102 cm³/mol. The number of hydrogen-bond acceptors (Lipinski definition) is 5. The maximum Gasteiger partial charge on any atom is 0.141 e. The Morgan fingerprint density at radius 3 is 2.68 bits per heavy atom. The summed E-state index contributed by atoms with van der Waals surface area (Å²) in [5.74, 6) is -0.555. The van der Waals surface area contributed by atoms with E-state index in [1.165, 1.54) is 22.5 Å². The summed E-state index contributed by atoms with van der Waals surface area (Å²) in [6.45, 7) is 2.74. The van der Waals surface area contributed by atoms with Crippen molar-refractivity contribution in [3.8, 4) is 0 Å². The summed E-state index contributed by atoms with van der Waals surface area (Å²) in [6.07, 6.45) is 0.621. The first-order valence-electron chi connectivity index (χ1n) is 7.94. The zero-order valence-corrected chi connectivity index (χ0v) is 15.3. The molecule has 5 nitrogen and oxygen atoms in total. The SMILES string of the molecule is CC(CCN)N1Cc2ccccc2N(c2ccc(F)c(Cl)c2)S1(O)O. The number of anilines is 2. The van der Waals surface area contributed by atoms with E-state index in [4.69, 9.17) is 17.3 Å². The van der Waals surface area contributed by atoms with Crippen LogP contribution in [0.25, 0.3) is 0 Å². The Hall–Kier alpha value is -1.35. The number of rotatable bonds is 4. The van der Waals surface area contributed by atoms with Crippen LogP contribution in [0.4, 0.5) is 15.8 Å². The van der Waals surface area contributed by atoms with Crippen LogP contribution in [0.15, 0.2) is 42.5 Å². The molecule has 0 amide bonds. The molecule has 4 N–H and O–H groups in total. The maximum atomic E-state index is 13.6. The standard InChI is InChI=1S/C17H21ClFN3O2S/c1-12(8-9-20)21-11-13-4-2-3-5-17(13)22(25(21,23)24)14-6-7-16(19)15(18)10-14/h2-7,10,12,23-24H,8-9,11,20H2,1H3. The Kier molecular flexibility index (Phi) is 5.24.